The molecule has 0 aliphatic heterocycles. The average Bonchev–Trinajstić information content (AvgIpc) is 2.96. The third-order valence-electron chi connectivity index (χ3n) is 4.94. The molecule has 4 aromatic rings. The van der Waals surface area contributed by atoms with Crippen LogP contribution in [0.4, 0.5) is 17.2 Å². The van der Waals surface area contributed by atoms with Crippen LogP contribution in [-0.4, -0.2) is 29.9 Å². The molecule has 0 radical (unpaired) electrons. The number of hydrogen-bond acceptors (Lipinski definition) is 8. The maximum atomic E-state index is 11.3. The van der Waals surface area contributed by atoms with Gasteiger partial charge in [0, 0.05) is 23.5 Å². The van der Waals surface area contributed by atoms with Crippen molar-refractivity contribution in [2.45, 2.75) is 6.92 Å². The number of ether oxygens (including phenoxy) is 2. The number of anilines is 3. The number of esters is 1. The first-order valence-electron chi connectivity index (χ1n) is 11.6. The van der Waals surface area contributed by atoms with Gasteiger partial charge in [0.15, 0.2) is 11.4 Å². The van der Waals surface area contributed by atoms with Gasteiger partial charge in [0.1, 0.15) is 11.8 Å². The summed E-state index contributed by atoms with van der Waals surface area (Å²) in [6.45, 7) is 1.90. The quantitative estimate of drug-likeness (QED) is 0.149. The van der Waals surface area contributed by atoms with E-state index >= 15 is 0 Å². The molecule has 0 amide bonds. The van der Waals surface area contributed by atoms with Crippen LogP contribution in [-0.2, 0) is 9.53 Å². The fraction of sp³-hybridized carbons (Fsp3) is 0.103. The van der Waals surface area contributed by atoms with Crippen LogP contribution in [0.3, 0.4) is 0 Å². The minimum absolute atomic E-state index is 0.105. The first kappa shape index (κ1) is 27.7. The molecule has 0 atom stereocenters. The van der Waals surface area contributed by atoms with E-state index in [4.69, 9.17) is 26.3 Å². The lowest BCUT2D eigenvalue weighted by Gasteiger charge is -2.07. The maximum Gasteiger partial charge on any atom is 0.350 e. The Kier molecular flexibility index (Phi) is 10.7. The third kappa shape index (κ3) is 8.36. The van der Waals surface area contributed by atoms with Crippen molar-refractivity contribution in [2.75, 3.05) is 24.4 Å². The minimum Gasteiger partial charge on any atom is -0.497 e. The average molecular weight is 528 g/mol. The monoisotopic (exact) mass is 527 g/mol. The molecule has 0 saturated heterocycles. The van der Waals surface area contributed by atoms with Crippen LogP contribution in [0.15, 0.2) is 103 Å². The summed E-state index contributed by atoms with van der Waals surface area (Å²) in [4.78, 5) is 11.3. The Morgan fingerprint density at radius 3 is 2.42 bits per heavy atom. The van der Waals surface area contributed by atoms with Crippen molar-refractivity contribution in [3.05, 3.63) is 108 Å². The van der Waals surface area contributed by atoms with Gasteiger partial charge in [-0.3, -0.25) is 0 Å². The molecule has 9 heteroatoms. The molecule has 0 bridgehead atoms. The second-order valence-electron chi connectivity index (χ2n) is 7.54. The molecule has 192 valence electrons. The van der Waals surface area contributed by atoms with E-state index in [2.05, 4.69) is 20.8 Å². The highest BCUT2D eigenvalue weighted by Gasteiger charge is 2.09. The Balaban J connectivity index is 0.000000216. The Morgan fingerprint density at radius 1 is 1.00 bits per heavy atom. The van der Waals surface area contributed by atoms with E-state index in [9.17, 15) is 4.79 Å². The van der Waals surface area contributed by atoms with Crippen molar-refractivity contribution >= 4 is 34.8 Å². The molecular weight excluding hydrogens is 502 g/mol. The molecule has 0 unspecified atom stereocenters. The SMILES string of the molecule is CCOC(=O)/C(C#N)=C/Nc1ccccc1Cl.COc1cccc(Nc2ccc(-c3ccccc3)nn2)c1. The lowest BCUT2D eigenvalue weighted by Crippen LogP contribution is -2.07. The Bertz CT molecular complexity index is 1400. The molecule has 8 nitrogen and oxygen atoms in total. The van der Waals surface area contributed by atoms with Gasteiger partial charge in [0.25, 0.3) is 0 Å². The molecule has 0 aliphatic rings. The smallest absolute Gasteiger partial charge is 0.350 e. The Hall–Kier alpha value is -4.87. The summed E-state index contributed by atoms with van der Waals surface area (Å²) in [5, 5.41) is 23.7. The summed E-state index contributed by atoms with van der Waals surface area (Å²) < 4.78 is 9.90. The zero-order chi connectivity index (χ0) is 27.2. The van der Waals surface area contributed by atoms with Gasteiger partial charge in [0.2, 0.25) is 0 Å². The number of carbonyl (C=O) groups is 1. The van der Waals surface area contributed by atoms with Crippen LogP contribution in [0, 0.1) is 11.3 Å². The van der Waals surface area contributed by atoms with Gasteiger partial charge in [0.05, 0.1) is 30.1 Å². The summed E-state index contributed by atoms with van der Waals surface area (Å²) in [5.41, 5.74) is 3.33. The van der Waals surface area contributed by atoms with E-state index in [1.807, 2.05) is 66.7 Å². The van der Waals surface area contributed by atoms with E-state index in [1.165, 1.54) is 6.20 Å². The number of para-hydroxylation sites is 1. The lowest BCUT2D eigenvalue weighted by molar-refractivity contribution is -0.138. The molecule has 0 saturated carbocycles. The fourth-order valence-electron chi connectivity index (χ4n) is 3.08. The van der Waals surface area contributed by atoms with Crippen molar-refractivity contribution < 1.29 is 14.3 Å². The predicted molar refractivity (Wildman–Crippen MR) is 149 cm³/mol. The number of nitrogens with zero attached hydrogens (tertiary/aromatic N) is 3. The normalized spacial score (nSPS) is 10.3. The number of nitriles is 1. The number of halogens is 1. The second-order valence-corrected chi connectivity index (χ2v) is 7.95. The summed E-state index contributed by atoms with van der Waals surface area (Å²) in [6.07, 6.45) is 1.28. The highest BCUT2D eigenvalue weighted by atomic mass is 35.5. The molecule has 1 aromatic heterocycles. The summed E-state index contributed by atoms with van der Waals surface area (Å²) in [7, 11) is 1.65. The highest BCUT2D eigenvalue weighted by molar-refractivity contribution is 6.33. The predicted octanol–water partition coefficient (Wildman–Crippen LogP) is 6.62. The second kappa shape index (κ2) is 14.6. The first-order chi connectivity index (χ1) is 18.5. The fourth-order valence-corrected chi connectivity index (χ4v) is 3.27. The standard InChI is InChI=1S/C17H15N3O.C12H11ClN2O2/c1-21-15-9-5-8-14(12-15)18-17-11-10-16(19-20-17)13-6-3-2-4-7-13;1-2-17-12(16)9(7-14)8-15-11-6-4-3-5-10(11)13/h2-12H,1H3,(H,18,20);3-6,8,15H,2H2,1H3/b;9-8+. The van der Waals surface area contributed by atoms with E-state index < -0.39 is 5.97 Å². The van der Waals surface area contributed by atoms with Crippen molar-refractivity contribution in [1.29, 1.82) is 5.26 Å². The van der Waals surface area contributed by atoms with Crippen LogP contribution in [0.2, 0.25) is 5.02 Å². The van der Waals surface area contributed by atoms with Crippen LogP contribution in [0.5, 0.6) is 5.75 Å². The largest absolute Gasteiger partial charge is 0.497 e. The third-order valence-corrected chi connectivity index (χ3v) is 5.27. The van der Waals surface area contributed by atoms with Crippen LogP contribution in [0.1, 0.15) is 6.92 Å². The van der Waals surface area contributed by atoms with Gasteiger partial charge in [-0.1, -0.05) is 60.1 Å². The number of nitrogens with one attached hydrogen (secondary N) is 2. The summed E-state index contributed by atoms with van der Waals surface area (Å²) >= 11 is 5.90. The highest BCUT2D eigenvalue weighted by Crippen LogP contribution is 2.22. The van der Waals surface area contributed by atoms with Gasteiger partial charge in [-0.25, -0.2) is 4.79 Å². The summed E-state index contributed by atoms with van der Waals surface area (Å²) in [5.74, 6) is 0.839. The number of carbonyl (C=O) groups excluding carboxylic acids is 1. The van der Waals surface area contributed by atoms with Crippen LogP contribution < -0.4 is 15.4 Å². The Labute approximate surface area is 226 Å². The molecule has 4 rings (SSSR count). The van der Waals surface area contributed by atoms with Crippen LogP contribution >= 0.6 is 11.6 Å². The van der Waals surface area contributed by atoms with Crippen LogP contribution in [0.25, 0.3) is 11.3 Å². The summed E-state index contributed by atoms with van der Waals surface area (Å²) in [6, 6.07) is 30.3. The first-order valence-corrected chi connectivity index (χ1v) is 12.0. The van der Waals surface area contributed by atoms with Crippen molar-refractivity contribution in [2.24, 2.45) is 0 Å². The molecule has 0 fully saturated rings. The Morgan fingerprint density at radius 2 is 1.76 bits per heavy atom. The number of benzene rings is 3. The lowest BCUT2D eigenvalue weighted by atomic mass is 10.1. The minimum atomic E-state index is -0.658. The van der Waals surface area contributed by atoms with Gasteiger partial charge < -0.3 is 20.1 Å². The zero-order valence-electron chi connectivity index (χ0n) is 20.9. The molecular formula is C29H26ClN5O3. The number of rotatable bonds is 8. The van der Waals surface area contributed by atoms with Gasteiger partial charge in [-0.15, -0.1) is 10.2 Å². The van der Waals surface area contributed by atoms with E-state index in [0.717, 1.165) is 22.7 Å². The molecule has 0 aliphatic carbocycles. The van der Waals surface area contributed by atoms with Gasteiger partial charge >= 0.3 is 5.97 Å². The van der Waals surface area contributed by atoms with Crippen molar-refractivity contribution in [3.63, 3.8) is 0 Å². The van der Waals surface area contributed by atoms with Crippen molar-refractivity contribution in [1.82, 2.24) is 10.2 Å². The molecule has 38 heavy (non-hydrogen) atoms. The molecule has 0 spiro atoms. The molecule has 3 aromatic carbocycles. The van der Waals surface area contributed by atoms with Gasteiger partial charge in [-0.05, 0) is 43.3 Å². The van der Waals surface area contributed by atoms with E-state index in [0.29, 0.717) is 16.5 Å². The van der Waals surface area contributed by atoms with Gasteiger partial charge in [-0.2, -0.15) is 5.26 Å². The number of methoxy groups -OCH3 is 1. The van der Waals surface area contributed by atoms with E-state index in [1.54, 1.807) is 44.4 Å². The zero-order valence-corrected chi connectivity index (χ0v) is 21.6. The molecule has 1 heterocycles. The van der Waals surface area contributed by atoms with E-state index in [-0.39, 0.29) is 12.2 Å². The van der Waals surface area contributed by atoms with Crippen molar-refractivity contribution in [3.8, 4) is 23.1 Å². The molecule has 2 N–H and O–H groups in total. The maximum absolute atomic E-state index is 11.3. The number of aromatic nitrogens is 2. The number of hydrogen-bond donors (Lipinski definition) is 2. The topological polar surface area (TPSA) is 109 Å².